The third kappa shape index (κ3) is 3.31. The second-order valence-corrected chi connectivity index (χ2v) is 4.09. The van der Waals surface area contributed by atoms with Crippen LogP contribution in [0.5, 0.6) is 0 Å². The molecule has 1 atom stereocenters. The molecule has 20 heavy (non-hydrogen) atoms. The Morgan fingerprint density at radius 3 is 2.40 bits per heavy atom. The summed E-state index contributed by atoms with van der Waals surface area (Å²) >= 11 is 0. The van der Waals surface area contributed by atoms with E-state index in [1.807, 2.05) is 5.32 Å². The molecule has 1 saturated heterocycles. The zero-order valence-corrected chi connectivity index (χ0v) is 10.3. The zero-order valence-electron chi connectivity index (χ0n) is 10.3. The molecule has 1 aliphatic rings. The van der Waals surface area contributed by atoms with E-state index in [-0.39, 0.29) is 6.42 Å². The smallest absolute Gasteiger partial charge is 0.322 e. The number of imide groups is 1. The van der Waals surface area contributed by atoms with E-state index >= 15 is 0 Å². The molecule has 1 aromatic carbocycles. The van der Waals surface area contributed by atoms with Gasteiger partial charge in [-0.2, -0.15) is 0 Å². The second-order valence-electron chi connectivity index (χ2n) is 4.09. The summed E-state index contributed by atoms with van der Waals surface area (Å²) in [7, 11) is 0. The Labute approximate surface area is 113 Å². The molecule has 4 N–H and O–H groups in total. The van der Waals surface area contributed by atoms with Gasteiger partial charge in [0.2, 0.25) is 5.91 Å². The number of nitrogens with one attached hydrogen (secondary N) is 4. The molecule has 1 aromatic rings. The molecule has 2 rings (SSSR count). The third-order valence-electron chi connectivity index (χ3n) is 2.60. The van der Waals surface area contributed by atoms with E-state index in [1.54, 1.807) is 30.3 Å². The highest BCUT2D eigenvalue weighted by Crippen LogP contribution is 1.99. The van der Waals surface area contributed by atoms with Gasteiger partial charge in [0, 0.05) is 5.56 Å². The van der Waals surface area contributed by atoms with Crippen molar-refractivity contribution in [2.24, 2.45) is 0 Å². The van der Waals surface area contributed by atoms with E-state index in [9.17, 15) is 19.2 Å². The predicted molar refractivity (Wildman–Crippen MR) is 67.1 cm³/mol. The number of hydrogen-bond donors (Lipinski definition) is 4. The first-order chi connectivity index (χ1) is 9.56. The normalized spacial score (nSPS) is 17.1. The molecule has 1 fully saturated rings. The molecule has 0 bridgehead atoms. The van der Waals surface area contributed by atoms with E-state index in [2.05, 4.69) is 16.2 Å². The summed E-state index contributed by atoms with van der Waals surface area (Å²) in [6.45, 7) is 0. The summed E-state index contributed by atoms with van der Waals surface area (Å²) in [6, 6.07) is 6.76. The Balaban J connectivity index is 1.80. The maximum absolute atomic E-state index is 11.6. The molecule has 8 heteroatoms. The van der Waals surface area contributed by atoms with Crippen molar-refractivity contribution in [2.45, 2.75) is 12.5 Å². The summed E-state index contributed by atoms with van der Waals surface area (Å²) in [6.07, 6.45) is -0.257. The second kappa shape index (κ2) is 5.83. The first-order valence-corrected chi connectivity index (χ1v) is 5.82. The lowest BCUT2D eigenvalue weighted by Gasteiger charge is -2.09. The number of rotatable bonds is 3. The molecule has 0 saturated carbocycles. The van der Waals surface area contributed by atoms with Crippen LogP contribution in [0, 0.1) is 0 Å². The number of carbonyl (C=O) groups excluding carboxylic acids is 4. The van der Waals surface area contributed by atoms with Crippen LogP contribution < -0.4 is 21.5 Å². The van der Waals surface area contributed by atoms with E-state index in [4.69, 9.17) is 0 Å². The van der Waals surface area contributed by atoms with Crippen LogP contribution >= 0.6 is 0 Å². The molecule has 8 nitrogen and oxygen atoms in total. The zero-order chi connectivity index (χ0) is 14.5. The first-order valence-electron chi connectivity index (χ1n) is 5.82. The van der Waals surface area contributed by atoms with Crippen LogP contribution in [0.3, 0.4) is 0 Å². The summed E-state index contributed by atoms with van der Waals surface area (Å²) < 4.78 is 0. The standard InChI is InChI=1S/C12H12N4O4/c17-9(6-8-11(19)14-12(20)13-8)15-16-10(18)7-4-2-1-3-5-7/h1-5,8H,6H2,(H,15,17)(H,16,18)(H2,13,14,19,20)/t8-/m0/s1. The van der Waals surface area contributed by atoms with Gasteiger partial charge in [0.25, 0.3) is 11.8 Å². The quantitative estimate of drug-likeness (QED) is 0.420. The van der Waals surface area contributed by atoms with Gasteiger partial charge in [-0.1, -0.05) is 18.2 Å². The first kappa shape index (κ1) is 13.5. The average molecular weight is 276 g/mol. The van der Waals surface area contributed by atoms with Gasteiger partial charge < -0.3 is 5.32 Å². The molecule has 1 aliphatic heterocycles. The molecular formula is C12H12N4O4. The molecule has 104 valence electrons. The molecular weight excluding hydrogens is 264 g/mol. The van der Waals surface area contributed by atoms with E-state index in [1.165, 1.54) is 0 Å². The third-order valence-corrected chi connectivity index (χ3v) is 2.60. The van der Waals surface area contributed by atoms with E-state index in [0.29, 0.717) is 5.56 Å². The van der Waals surface area contributed by atoms with Crippen LogP contribution in [0.4, 0.5) is 4.79 Å². The monoisotopic (exact) mass is 276 g/mol. The van der Waals surface area contributed by atoms with E-state index in [0.717, 1.165) is 0 Å². The summed E-state index contributed by atoms with van der Waals surface area (Å²) in [4.78, 5) is 45.2. The van der Waals surface area contributed by atoms with Crippen molar-refractivity contribution in [1.29, 1.82) is 0 Å². The molecule has 0 unspecified atom stereocenters. The summed E-state index contributed by atoms with van der Waals surface area (Å²) in [5, 5.41) is 4.29. The van der Waals surface area contributed by atoms with Crippen molar-refractivity contribution < 1.29 is 19.2 Å². The number of hydrogen-bond acceptors (Lipinski definition) is 4. The summed E-state index contributed by atoms with van der Waals surface area (Å²) in [5.41, 5.74) is 4.78. The minimum absolute atomic E-state index is 0.257. The van der Waals surface area contributed by atoms with Crippen molar-refractivity contribution in [3.63, 3.8) is 0 Å². The van der Waals surface area contributed by atoms with E-state index < -0.39 is 29.8 Å². The van der Waals surface area contributed by atoms with Crippen LogP contribution in [-0.2, 0) is 9.59 Å². The van der Waals surface area contributed by atoms with Crippen molar-refractivity contribution in [2.75, 3.05) is 0 Å². The molecule has 0 spiro atoms. The number of carbonyl (C=O) groups is 4. The van der Waals surface area contributed by atoms with Crippen molar-refractivity contribution in [3.05, 3.63) is 35.9 Å². The Morgan fingerprint density at radius 2 is 1.80 bits per heavy atom. The fourth-order valence-corrected chi connectivity index (χ4v) is 1.63. The summed E-state index contributed by atoms with van der Waals surface area (Å²) in [5.74, 6) is -1.63. The molecule has 0 aliphatic carbocycles. The Bertz CT molecular complexity index is 558. The molecule has 1 heterocycles. The van der Waals surface area contributed by atoms with Gasteiger partial charge in [-0.15, -0.1) is 0 Å². The fourth-order valence-electron chi connectivity index (χ4n) is 1.63. The van der Waals surface area contributed by atoms with Crippen LogP contribution in [0.25, 0.3) is 0 Å². The minimum Gasteiger partial charge on any atom is -0.325 e. The maximum atomic E-state index is 11.6. The van der Waals surface area contributed by atoms with Crippen LogP contribution in [0.2, 0.25) is 0 Å². The van der Waals surface area contributed by atoms with Gasteiger partial charge in [0.15, 0.2) is 0 Å². The van der Waals surface area contributed by atoms with Gasteiger partial charge in [-0.25, -0.2) is 4.79 Å². The van der Waals surface area contributed by atoms with Crippen molar-refractivity contribution in [1.82, 2.24) is 21.5 Å². The highest BCUT2D eigenvalue weighted by atomic mass is 16.2. The molecule has 0 radical (unpaired) electrons. The number of benzene rings is 1. The van der Waals surface area contributed by atoms with Crippen molar-refractivity contribution >= 4 is 23.8 Å². The number of hydrazine groups is 1. The number of urea groups is 1. The lowest BCUT2D eigenvalue weighted by molar-refractivity contribution is -0.126. The Hall–Kier alpha value is -2.90. The lowest BCUT2D eigenvalue weighted by Crippen LogP contribution is -2.44. The molecule has 0 aromatic heterocycles. The fraction of sp³-hybridized carbons (Fsp3) is 0.167. The lowest BCUT2D eigenvalue weighted by atomic mass is 10.2. The van der Waals surface area contributed by atoms with Gasteiger partial charge in [-0.05, 0) is 12.1 Å². The van der Waals surface area contributed by atoms with Gasteiger partial charge in [-0.3, -0.25) is 30.6 Å². The highest BCUT2D eigenvalue weighted by Gasteiger charge is 2.31. The largest absolute Gasteiger partial charge is 0.325 e. The predicted octanol–water partition coefficient (Wildman–Crippen LogP) is -0.954. The minimum atomic E-state index is -0.920. The van der Waals surface area contributed by atoms with Gasteiger partial charge in [0.1, 0.15) is 6.04 Å². The topological polar surface area (TPSA) is 116 Å². The van der Waals surface area contributed by atoms with Gasteiger partial charge >= 0.3 is 6.03 Å². The van der Waals surface area contributed by atoms with Gasteiger partial charge in [0.05, 0.1) is 6.42 Å². The molecule has 5 amide bonds. The van der Waals surface area contributed by atoms with Crippen LogP contribution in [0.15, 0.2) is 30.3 Å². The Kier molecular flexibility index (Phi) is 3.94. The van der Waals surface area contributed by atoms with Crippen molar-refractivity contribution in [3.8, 4) is 0 Å². The Morgan fingerprint density at radius 1 is 1.10 bits per heavy atom. The SMILES string of the molecule is O=C(C[C@@H]1NC(=O)NC1=O)NNC(=O)c1ccccc1. The number of amides is 5. The van der Waals surface area contributed by atoms with Crippen LogP contribution in [0.1, 0.15) is 16.8 Å². The maximum Gasteiger partial charge on any atom is 0.322 e. The van der Waals surface area contributed by atoms with Crippen LogP contribution in [-0.4, -0.2) is 29.8 Å². The highest BCUT2D eigenvalue weighted by molar-refractivity contribution is 6.05. The average Bonchev–Trinajstić information content (AvgIpc) is 2.75.